The lowest BCUT2D eigenvalue weighted by Crippen LogP contribution is -1.94. The van der Waals surface area contributed by atoms with E-state index in [4.69, 9.17) is 5.11 Å². The Morgan fingerprint density at radius 3 is 2.79 bits per heavy atom. The van der Waals surface area contributed by atoms with E-state index in [0.717, 1.165) is 28.6 Å². The molecule has 0 aliphatic rings. The summed E-state index contributed by atoms with van der Waals surface area (Å²) in [7, 11) is 0. The van der Waals surface area contributed by atoms with E-state index in [1.165, 1.54) is 0 Å². The van der Waals surface area contributed by atoms with Gasteiger partial charge in [-0.3, -0.25) is 0 Å². The maximum absolute atomic E-state index is 8.86. The van der Waals surface area contributed by atoms with Crippen LogP contribution >= 0.6 is 11.8 Å². The topological polar surface area (TPSA) is 73.8 Å². The van der Waals surface area contributed by atoms with Gasteiger partial charge in [-0.25, -0.2) is 5.10 Å². The third kappa shape index (κ3) is 4.25. The number of aliphatic hydroxyl groups is 1. The predicted octanol–water partition coefficient (Wildman–Crippen LogP) is 2.59. The zero-order valence-electron chi connectivity index (χ0n) is 10.9. The summed E-state index contributed by atoms with van der Waals surface area (Å²) in [4.78, 5) is 4.35. The summed E-state index contributed by atoms with van der Waals surface area (Å²) < 4.78 is 0. The molecule has 6 heteroatoms. The molecule has 0 amide bonds. The smallest absolute Gasteiger partial charge is 0.223 e. The Morgan fingerprint density at radius 1 is 1.32 bits per heavy atom. The van der Waals surface area contributed by atoms with Gasteiger partial charge in [0.25, 0.3) is 0 Å². The van der Waals surface area contributed by atoms with Gasteiger partial charge in [0.15, 0.2) is 0 Å². The van der Waals surface area contributed by atoms with E-state index in [1.807, 2.05) is 24.3 Å². The van der Waals surface area contributed by atoms with Crippen LogP contribution < -0.4 is 5.32 Å². The molecule has 0 unspecified atom stereocenters. The van der Waals surface area contributed by atoms with Crippen LogP contribution in [0.1, 0.15) is 18.9 Å². The number of hydrogen-bond donors (Lipinski definition) is 3. The average molecular weight is 278 g/mol. The number of anilines is 2. The molecular formula is C13H18N4OS. The van der Waals surface area contributed by atoms with Gasteiger partial charge in [0, 0.05) is 18.0 Å². The highest BCUT2D eigenvalue weighted by Crippen LogP contribution is 2.18. The van der Waals surface area contributed by atoms with Gasteiger partial charge in [-0.05, 0) is 30.5 Å². The van der Waals surface area contributed by atoms with E-state index in [2.05, 4.69) is 27.4 Å². The van der Waals surface area contributed by atoms with Crippen LogP contribution in [0.2, 0.25) is 0 Å². The van der Waals surface area contributed by atoms with Gasteiger partial charge in [0.1, 0.15) is 0 Å². The second-order valence-electron chi connectivity index (χ2n) is 4.11. The van der Waals surface area contributed by atoms with Crippen molar-refractivity contribution in [2.75, 3.05) is 17.7 Å². The van der Waals surface area contributed by atoms with Crippen molar-refractivity contribution >= 4 is 23.4 Å². The molecule has 102 valence electrons. The summed E-state index contributed by atoms with van der Waals surface area (Å²) >= 11 is 1.64. The third-order valence-electron chi connectivity index (χ3n) is 2.52. The SMILES string of the molecule is CCCSc1n[nH]c(Nc2ccc(CCO)cc2)n1. The maximum Gasteiger partial charge on any atom is 0.223 e. The normalized spacial score (nSPS) is 10.6. The molecule has 1 heterocycles. The molecule has 3 N–H and O–H groups in total. The number of aromatic nitrogens is 3. The van der Waals surface area contributed by atoms with Gasteiger partial charge in [-0.1, -0.05) is 30.8 Å². The molecule has 19 heavy (non-hydrogen) atoms. The van der Waals surface area contributed by atoms with Crippen LogP contribution in [-0.4, -0.2) is 32.6 Å². The zero-order chi connectivity index (χ0) is 13.5. The molecule has 2 rings (SSSR count). The first-order valence-electron chi connectivity index (χ1n) is 6.34. The quantitative estimate of drug-likeness (QED) is 0.679. The van der Waals surface area contributed by atoms with Crippen LogP contribution in [0.3, 0.4) is 0 Å². The first kappa shape index (κ1) is 13.9. The Balaban J connectivity index is 1.94. The molecule has 1 aromatic carbocycles. The van der Waals surface area contributed by atoms with Crippen molar-refractivity contribution in [1.29, 1.82) is 0 Å². The Kier molecular flexibility index (Phi) is 5.23. The highest BCUT2D eigenvalue weighted by atomic mass is 32.2. The van der Waals surface area contributed by atoms with Crippen molar-refractivity contribution in [2.45, 2.75) is 24.9 Å². The highest BCUT2D eigenvalue weighted by molar-refractivity contribution is 7.99. The van der Waals surface area contributed by atoms with Crippen molar-refractivity contribution in [1.82, 2.24) is 15.2 Å². The molecule has 0 saturated heterocycles. The number of aromatic amines is 1. The molecule has 0 atom stereocenters. The molecule has 2 aromatic rings. The number of nitrogens with zero attached hydrogens (tertiary/aromatic N) is 2. The van der Waals surface area contributed by atoms with Gasteiger partial charge < -0.3 is 10.4 Å². The Hall–Kier alpha value is -1.53. The van der Waals surface area contributed by atoms with Crippen LogP contribution in [0, 0.1) is 0 Å². The molecule has 0 saturated carbocycles. The molecule has 0 aliphatic carbocycles. The first-order chi connectivity index (χ1) is 9.31. The molecule has 0 spiro atoms. The first-order valence-corrected chi connectivity index (χ1v) is 7.32. The lowest BCUT2D eigenvalue weighted by Gasteiger charge is -2.03. The highest BCUT2D eigenvalue weighted by Gasteiger charge is 2.03. The predicted molar refractivity (Wildman–Crippen MR) is 77.9 cm³/mol. The third-order valence-corrected chi connectivity index (χ3v) is 3.57. The number of nitrogens with one attached hydrogen (secondary N) is 2. The summed E-state index contributed by atoms with van der Waals surface area (Å²) in [5, 5.41) is 19.8. The monoisotopic (exact) mass is 278 g/mol. The number of hydrogen-bond acceptors (Lipinski definition) is 5. The molecule has 0 radical (unpaired) electrons. The number of thioether (sulfide) groups is 1. The summed E-state index contributed by atoms with van der Waals surface area (Å²) in [6, 6.07) is 7.90. The minimum atomic E-state index is 0.174. The van der Waals surface area contributed by atoms with Gasteiger partial charge >= 0.3 is 0 Å². The van der Waals surface area contributed by atoms with E-state index in [1.54, 1.807) is 11.8 Å². The van der Waals surface area contributed by atoms with Gasteiger partial charge in [0.2, 0.25) is 11.1 Å². The summed E-state index contributed by atoms with van der Waals surface area (Å²) in [6.45, 7) is 2.31. The van der Waals surface area contributed by atoms with E-state index in [-0.39, 0.29) is 6.61 Å². The molecule has 0 bridgehead atoms. The fraction of sp³-hybridized carbons (Fsp3) is 0.385. The standard InChI is InChI=1S/C13H18N4OS/c1-2-9-19-13-15-12(16-17-13)14-11-5-3-10(4-6-11)7-8-18/h3-6,18H,2,7-9H2,1H3,(H2,14,15,16,17). The van der Waals surface area contributed by atoms with Gasteiger partial charge in [0.05, 0.1) is 0 Å². The van der Waals surface area contributed by atoms with Crippen LogP contribution in [-0.2, 0) is 6.42 Å². The van der Waals surface area contributed by atoms with Gasteiger partial charge in [-0.2, -0.15) is 4.98 Å². The molecule has 0 aliphatic heterocycles. The van der Waals surface area contributed by atoms with Crippen molar-refractivity contribution in [3.05, 3.63) is 29.8 Å². The molecule has 5 nitrogen and oxygen atoms in total. The molecular weight excluding hydrogens is 260 g/mol. The minimum absolute atomic E-state index is 0.174. The van der Waals surface area contributed by atoms with Crippen molar-refractivity contribution in [3.8, 4) is 0 Å². The van der Waals surface area contributed by atoms with E-state index >= 15 is 0 Å². The minimum Gasteiger partial charge on any atom is -0.396 e. The molecule has 1 aromatic heterocycles. The Labute approximate surface area is 116 Å². The lowest BCUT2D eigenvalue weighted by atomic mass is 10.1. The van der Waals surface area contributed by atoms with Crippen LogP contribution in [0.15, 0.2) is 29.4 Å². The average Bonchev–Trinajstić information content (AvgIpc) is 2.87. The largest absolute Gasteiger partial charge is 0.396 e. The number of rotatable bonds is 7. The number of H-pyrrole nitrogens is 1. The Bertz CT molecular complexity index is 498. The van der Waals surface area contributed by atoms with Crippen molar-refractivity contribution in [3.63, 3.8) is 0 Å². The van der Waals surface area contributed by atoms with Crippen LogP contribution in [0.25, 0.3) is 0 Å². The second-order valence-corrected chi connectivity index (χ2v) is 5.17. The summed E-state index contributed by atoms with van der Waals surface area (Å²) in [5.74, 6) is 1.67. The Morgan fingerprint density at radius 2 is 2.11 bits per heavy atom. The van der Waals surface area contributed by atoms with Crippen molar-refractivity contribution < 1.29 is 5.11 Å². The van der Waals surface area contributed by atoms with Gasteiger partial charge in [-0.15, -0.1) is 5.10 Å². The maximum atomic E-state index is 8.86. The fourth-order valence-electron chi connectivity index (χ4n) is 1.58. The number of benzene rings is 1. The molecule has 0 fully saturated rings. The number of aliphatic hydroxyl groups excluding tert-OH is 1. The zero-order valence-corrected chi connectivity index (χ0v) is 11.7. The van der Waals surface area contributed by atoms with Crippen LogP contribution in [0.4, 0.5) is 11.6 Å². The second kappa shape index (κ2) is 7.16. The van der Waals surface area contributed by atoms with E-state index in [9.17, 15) is 0 Å². The summed E-state index contributed by atoms with van der Waals surface area (Å²) in [6.07, 6.45) is 1.79. The summed E-state index contributed by atoms with van der Waals surface area (Å²) in [5.41, 5.74) is 2.06. The lowest BCUT2D eigenvalue weighted by molar-refractivity contribution is 0.299. The fourth-order valence-corrected chi connectivity index (χ4v) is 2.23. The van der Waals surface area contributed by atoms with Crippen molar-refractivity contribution in [2.24, 2.45) is 0 Å². The van der Waals surface area contributed by atoms with E-state index in [0.29, 0.717) is 12.4 Å². The van der Waals surface area contributed by atoms with E-state index < -0.39 is 0 Å². The van der Waals surface area contributed by atoms with Crippen LogP contribution in [0.5, 0.6) is 0 Å².